The van der Waals surface area contributed by atoms with Crippen LogP contribution in [0.3, 0.4) is 0 Å². The molecule has 1 aromatic carbocycles. The van der Waals surface area contributed by atoms with Gasteiger partial charge in [0.1, 0.15) is 11.6 Å². The number of carbonyl (C=O) groups is 1. The van der Waals surface area contributed by atoms with Gasteiger partial charge >= 0.3 is 0 Å². The Bertz CT molecular complexity index is 415. The van der Waals surface area contributed by atoms with Crippen molar-refractivity contribution in [3.8, 4) is 0 Å². The van der Waals surface area contributed by atoms with Crippen LogP contribution in [0.5, 0.6) is 0 Å². The molecule has 0 unspecified atom stereocenters. The van der Waals surface area contributed by atoms with Crippen molar-refractivity contribution >= 4 is 17.5 Å². The average Bonchev–Trinajstić information content (AvgIpc) is 2.27. The number of hydrogen-bond acceptors (Lipinski definition) is 1. The molecule has 0 atom stereocenters. The summed E-state index contributed by atoms with van der Waals surface area (Å²) in [5.74, 6) is -1.18. The van der Waals surface area contributed by atoms with E-state index in [1.807, 2.05) is 0 Å². The summed E-state index contributed by atoms with van der Waals surface area (Å²) >= 11 is 5.67. The largest absolute Gasteiger partial charge is 0.355 e. The van der Waals surface area contributed by atoms with E-state index in [2.05, 4.69) is 5.32 Å². The van der Waals surface area contributed by atoms with Crippen molar-refractivity contribution in [2.24, 2.45) is 5.41 Å². The van der Waals surface area contributed by atoms with Crippen LogP contribution in [-0.2, 0) is 11.2 Å². The van der Waals surface area contributed by atoms with Gasteiger partial charge in [-0.05, 0) is 38.0 Å². The molecule has 5 heteroatoms. The van der Waals surface area contributed by atoms with Gasteiger partial charge in [-0.25, -0.2) is 8.78 Å². The van der Waals surface area contributed by atoms with E-state index >= 15 is 0 Å². The highest BCUT2D eigenvalue weighted by Crippen LogP contribution is 2.16. The first-order valence-corrected chi connectivity index (χ1v) is 6.18. The van der Waals surface area contributed by atoms with Crippen molar-refractivity contribution in [3.63, 3.8) is 0 Å². The van der Waals surface area contributed by atoms with E-state index in [1.165, 1.54) is 12.1 Å². The van der Waals surface area contributed by atoms with Gasteiger partial charge in [0.05, 0.1) is 5.41 Å². The van der Waals surface area contributed by atoms with Crippen molar-refractivity contribution in [1.29, 1.82) is 0 Å². The zero-order valence-corrected chi connectivity index (χ0v) is 11.2. The summed E-state index contributed by atoms with van der Waals surface area (Å²) in [7, 11) is 0. The predicted molar refractivity (Wildman–Crippen MR) is 67.6 cm³/mol. The number of alkyl halides is 1. The first-order valence-electron chi connectivity index (χ1n) is 5.64. The van der Waals surface area contributed by atoms with E-state index in [9.17, 15) is 13.6 Å². The number of carbonyl (C=O) groups excluding carboxylic acids is 1. The second kappa shape index (κ2) is 6.14. The smallest absolute Gasteiger partial charge is 0.226 e. The molecule has 0 heterocycles. The van der Waals surface area contributed by atoms with Crippen LogP contribution in [0.2, 0.25) is 0 Å². The molecule has 0 saturated carbocycles. The molecule has 0 bridgehead atoms. The van der Waals surface area contributed by atoms with E-state index in [1.54, 1.807) is 13.8 Å². The molecule has 0 aliphatic carbocycles. The number of halogens is 3. The summed E-state index contributed by atoms with van der Waals surface area (Å²) in [4.78, 5) is 11.7. The molecule has 0 aromatic heterocycles. The minimum atomic E-state index is -0.644. The van der Waals surface area contributed by atoms with Gasteiger partial charge in [0, 0.05) is 18.5 Å². The maximum Gasteiger partial charge on any atom is 0.226 e. The lowest BCUT2D eigenvalue weighted by atomic mass is 9.95. The molecule has 2 nitrogen and oxygen atoms in total. The van der Waals surface area contributed by atoms with Crippen LogP contribution in [-0.4, -0.2) is 18.3 Å². The molecule has 0 saturated heterocycles. The zero-order chi connectivity index (χ0) is 13.8. The molecule has 0 aliphatic heterocycles. The van der Waals surface area contributed by atoms with E-state index < -0.39 is 17.0 Å². The van der Waals surface area contributed by atoms with Crippen LogP contribution >= 0.6 is 11.6 Å². The van der Waals surface area contributed by atoms with Gasteiger partial charge in [-0.1, -0.05) is 0 Å². The van der Waals surface area contributed by atoms with Gasteiger partial charge in [0.25, 0.3) is 0 Å². The molecule has 100 valence electrons. The fourth-order valence-corrected chi connectivity index (χ4v) is 1.50. The SMILES string of the molecule is CC(C)(CCl)C(=O)NCCc1cc(F)cc(F)c1. The summed E-state index contributed by atoms with van der Waals surface area (Å²) in [5.41, 5.74) is -0.133. The molecule has 0 fully saturated rings. The topological polar surface area (TPSA) is 29.1 Å². The van der Waals surface area contributed by atoms with E-state index in [4.69, 9.17) is 11.6 Å². The van der Waals surface area contributed by atoms with Gasteiger partial charge in [0.2, 0.25) is 5.91 Å². The average molecular weight is 276 g/mol. The van der Waals surface area contributed by atoms with Gasteiger partial charge < -0.3 is 5.32 Å². The van der Waals surface area contributed by atoms with E-state index in [-0.39, 0.29) is 11.8 Å². The fraction of sp³-hybridized carbons (Fsp3) is 0.462. The standard InChI is InChI=1S/C13H16ClF2NO/c1-13(2,8-14)12(18)17-4-3-9-5-10(15)7-11(16)6-9/h5-7H,3-4,8H2,1-2H3,(H,17,18). The summed E-state index contributed by atoms with van der Waals surface area (Å²) in [6.07, 6.45) is 0.374. The quantitative estimate of drug-likeness (QED) is 0.823. The van der Waals surface area contributed by atoms with Gasteiger partial charge in [-0.3, -0.25) is 4.79 Å². The Morgan fingerprint density at radius 2 is 1.83 bits per heavy atom. The molecule has 1 rings (SSSR count). The minimum absolute atomic E-state index is 0.172. The Hall–Kier alpha value is -1.16. The lowest BCUT2D eigenvalue weighted by molar-refractivity contribution is -0.128. The van der Waals surface area contributed by atoms with Crippen LogP contribution in [0, 0.1) is 17.0 Å². The van der Waals surface area contributed by atoms with Crippen molar-refractivity contribution < 1.29 is 13.6 Å². The molecule has 1 amide bonds. The summed E-state index contributed by atoms with van der Waals surface area (Å²) in [6.45, 7) is 3.79. The van der Waals surface area contributed by atoms with Crippen LogP contribution in [0.1, 0.15) is 19.4 Å². The zero-order valence-electron chi connectivity index (χ0n) is 10.4. The Morgan fingerprint density at radius 1 is 1.28 bits per heavy atom. The fourth-order valence-electron chi connectivity index (χ4n) is 1.38. The number of benzene rings is 1. The predicted octanol–water partition coefficient (Wildman–Crippen LogP) is 2.89. The molecule has 18 heavy (non-hydrogen) atoms. The van der Waals surface area contributed by atoms with Crippen LogP contribution in [0.15, 0.2) is 18.2 Å². The highest BCUT2D eigenvalue weighted by atomic mass is 35.5. The van der Waals surface area contributed by atoms with Gasteiger partial charge in [-0.15, -0.1) is 11.6 Å². The lowest BCUT2D eigenvalue weighted by Crippen LogP contribution is -2.39. The van der Waals surface area contributed by atoms with E-state index in [0.717, 1.165) is 6.07 Å². The third-order valence-corrected chi connectivity index (χ3v) is 3.24. The van der Waals surface area contributed by atoms with Crippen molar-refractivity contribution in [3.05, 3.63) is 35.4 Å². The number of hydrogen-bond donors (Lipinski definition) is 1. The second-order valence-corrected chi connectivity index (χ2v) is 5.07. The Kier molecular flexibility index (Phi) is 5.08. The third-order valence-electron chi connectivity index (χ3n) is 2.57. The first kappa shape index (κ1) is 14.9. The summed E-state index contributed by atoms with van der Waals surface area (Å²) in [6, 6.07) is 3.32. The normalized spacial score (nSPS) is 11.4. The Labute approximate surface area is 110 Å². The van der Waals surface area contributed by atoms with E-state index in [0.29, 0.717) is 18.5 Å². The molecular weight excluding hydrogens is 260 g/mol. The van der Waals surface area contributed by atoms with Crippen molar-refractivity contribution in [2.75, 3.05) is 12.4 Å². The molecular formula is C13H16ClF2NO. The highest BCUT2D eigenvalue weighted by molar-refractivity contribution is 6.19. The highest BCUT2D eigenvalue weighted by Gasteiger charge is 2.25. The third kappa shape index (κ3) is 4.26. The number of amides is 1. The molecule has 0 aliphatic rings. The van der Waals surface area contributed by atoms with Crippen LogP contribution in [0.4, 0.5) is 8.78 Å². The van der Waals surface area contributed by atoms with Crippen molar-refractivity contribution in [2.45, 2.75) is 20.3 Å². The maximum absolute atomic E-state index is 12.9. The van der Waals surface area contributed by atoms with Crippen molar-refractivity contribution in [1.82, 2.24) is 5.32 Å². The molecule has 1 N–H and O–H groups in total. The summed E-state index contributed by atoms with van der Waals surface area (Å²) < 4.78 is 25.8. The monoisotopic (exact) mass is 275 g/mol. The summed E-state index contributed by atoms with van der Waals surface area (Å²) in [5, 5.41) is 2.69. The number of rotatable bonds is 5. The van der Waals surface area contributed by atoms with Gasteiger partial charge in [-0.2, -0.15) is 0 Å². The minimum Gasteiger partial charge on any atom is -0.355 e. The lowest BCUT2D eigenvalue weighted by Gasteiger charge is -2.20. The van der Waals surface area contributed by atoms with Gasteiger partial charge in [0.15, 0.2) is 0 Å². The van der Waals surface area contributed by atoms with Crippen LogP contribution < -0.4 is 5.32 Å². The Morgan fingerprint density at radius 3 is 2.33 bits per heavy atom. The maximum atomic E-state index is 12.9. The van der Waals surface area contributed by atoms with Crippen LogP contribution in [0.25, 0.3) is 0 Å². The second-order valence-electron chi connectivity index (χ2n) is 4.80. The molecule has 1 aromatic rings. The first-order chi connectivity index (χ1) is 8.35. The molecule has 0 spiro atoms. The molecule has 0 radical (unpaired) electrons. The number of nitrogens with one attached hydrogen (secondary N) is 1. The Balaban J connectivity index is 2.49.